The zero-order chi connectivity index (χ0) is 20.9. The molecule has 1 aliphatic rings. The van der Waals surface area contributed by atoms with Gasteiger partial charge in [0.2, 0.25) is 0 Å². The second-order valence-corrected chi connectivity index (χ2v) is 7.44. The highest BCUT2D eigenvalue weighted by atomic mass is 16.2. The predicted molar refractivity (Wildman–Crippen MR) is 113 cm³/mol. The highest BCUT2D eigenvalue weighted by Gasteiger charge is 2.19. The van der Waals surface area contributed by atoms with Crippen LogP contribution in [0.1, 0.15) is 23.3 Å². The SMILES string of the molecule is CN1CCC(CNc2nccnc2C(=O)Nc2ccc(-c3n[nH]c(=O)[nH]3)cc2)CC1. The number of benzene rings is 1. The molecule has 30 heavy (non-hydrogen) atoms. The molecule has 0 spiro atoms. The summed E-state index contributed by atoms with van der Waals surface area (Å²) in [4.78, 5) is 37.4. The first-order valence-corrected chi connectivity index (χ1v) is 9.88. The van der Waals surface area contributed by atoms with E-state index < -0.39 is 0 Å². The molecule has 1 amide bonds. The van der Waals surface area contributed by atoms with Gasteiger partial charge in [0, 0.05) is 30.2 Å². The number of carbonyl (C=O) groups is 1. The van der Waals surface area contributed by atoms with Gasteiger partial charge >= 0.3 is 5.69 Å². The number of likely N-dealkylation sites (tertiary alicyclic amines) is 1. The normalized spacial score (nSPS) is 15.1. The highest BCUT2D eigenvalue weighted by Crippen LogP contribution is 2.20. The van der Waals surface area contributed by atoms with E-state index in [-0.39, 0.29) is 17.3 Å². The van der Waals surface area contributed by atoms with Gasteiger partial charge in [-0.1, -0.05) is 0 Å². The molecule has 2 aromatic heterocycles. The maximum absolute atomic E-state index is 12.8. The molecule has 0 bridgehead atoms. The maximum atomic E-state index is 12.8. The van der Waals surface area contributed by atoms with E-state index in [1.165, 1.54) is 6.20 Å². The van der Waals surface area contributed by atoms with Gasteiger partial charge < -0.3 is 15.5 Å². The predicted octanol–water partition coefficient (Wildman–Crippen LogP) is 1.56. The summed E-state index contributed by atoms with van der Waals surface area (Å²) in [6.07, 6.45) is 5.33. The summed E-state index contributed by atoms with van der Waals surface area (Å²) < 4.78 is 0. The molecule has 1 aromatic carbocycles. The third kappa shape index (κ3) is 4.71. The molecule has 1 aliphatic heterocycles. The molecule has 10 heteroatoms. The number of aromatic amines is 2. The number of carbonyl (C=O) groups excluding carboxylic acids is 1. The Morgan fingerprint density at radius 1 is 1.17 bits per heavy atom. The smallest absolute Gasteiger partial charge is 0.340 e. The number of anilines is 2. The molecule has 3 aromatic rings. The van der Waals surface area contributed by atoms with Crippen LogP contribution in [0.4, 0.5) is 11.5 Å². The van der Waals surface area contributed by atoms with Crippen molar-refractivity contribution in [3.63, 3.8) is 0 Å². The molecule has 0 atom stereocenters. The fraction of sp³-hybridized carbons (Fsp3) is 0.350. The lowest BCUT2D eigenvalue weighted by molar-refractivity contribution is 0.102. The summed E-state index contributed by atoms with van der Waals surface area (Å²) >= 11 is 0. The van der Waals surface area contributed by atoms with Crippen LogP contribution >= 0.6 is 0 Å². The lowest BCUT2D eigenvalue weighted by atomic mass is 9.97. The Morgan fingerprint density at radius 2 is 1.90 bits per heavy atom. The number of piperidine rings is 1. The van der Waals surface area contributed by atoms with Gasteiger partial charge in [-0.2, -0.15) is 5.10 Å². The molecule has 1 fully saturated rings. The van der Waals surface area contributed by atoms with E-state index in [2.05, 4.69) is 47.7 Å². The van der Waals surface area contributed by atoms with Crippen molar-refractivity contribution in [2.45, 2.75) is 12.8 Å². The first kappa shape index (κ1) is 19.8. The van der Waals surface area contributed by atoms with Crippen LogP contribution in [-0.2, 0) is 0 Å². The number of rotatable bonds is 6. The number of nitrogens with zero attached hydrogens (tertiary/aromatic N) is 4. The first-order chi connectivity index (χ1) is 14.6. The third-order valence-electron chi connectivity index (χ3n) is 5.23. The zero-order valence-electron chi connectivity index (χ0n) is 16.7. The van der Waals surface area contributed by atoms with Gasteiger partial charge in [-0.05, 0) is 63.2 Å². The third-order valence-corrected chi connectivity index (χ3v) is 5.23. The van der Waals surface area contributed by atoms with Gasteiger partial charge in [-0.15, -0.1) is 0 Å². The van der Waals surface area contributed by atoms with Crippen LogP contribution in [0.5, 0.6) is 0 Å². The van der Waals surface area contributed by atoms with Gasteiger partial charge in [0.15, 0.2) is 17.3 Å². The lowest BCUT2D eigenvalue weighted by Crippen LogP contribution is -2.33. The van der Waals surface area contributed by atoms with Crippen LogP contribution in [0.25, 0.3) is 11.4 Å². The van der Waals surface area contributed by atoms with Crippen molar-refractivity contribution in [1.82, 2.24) is 30.0 Å². The lowest BCUT2D eigenvalue weighted by Gasteiger charge is -2.29. The average molecular weight is 408 g/mol. The van der Waals surface area contributed by atoms with E-state index in [1.807, 2.05) is 0 Å². The molecule has 0 saturated carbocycles. The molecule has 0 unspecified atom stereocenters. The minimum atomic E-state index is -0.370. The van der Waals surface area contributed by atoms with Gasteiger partial charge in [0.05, 0.1) is 0 Å². The summed E-state index contributed by atoms with van der Waals surface area (Å²) in [5.74, 6) is 1.14. The van der Waals surface area contributed by atoms with E-state index in [4.69, 9.17) is 0 Å². The van der Waals surface area contributed by atoms with Crippen LogP contribution < -0.4 is 16.3 Å². The zero-order valence-corrected chi connectivity index (χ0v) is 16.7. The Labute approximate surface area is 173 Å². The molecular weight excluding hydrogens is 384 g/mol. The number of hydrogen-bond donors (Lipinski definition) is 4. The van der Waals surface area contributed by atoms with Gasteiger partial charge in [-0.25, -0.2) is 19.9 Å². The van der Waals surface area contributed by atoms with Crippen LogP contribution in [-0.4, -0.2) is 62.6 Å². The minimum Gasteiger partial charge on any atom is -0.368 e. The van der Waals surface area contributed by atoms with Crippen molar-refractivity contribution in [1.29, 1.82) is 0 Å². The molecule has 0 radical (unpaired) electrons. The molecule has 1 saturated heterocycles. The molecular formula is C20H24N8O2. The van der Waals surface area contributed by atoms with E-state index in [0.717, 1.165) is 38.0 Å². The van der Waals surface area contributed by atoms with Crippen molar-refractivity contribution in [3.8, 4) is 11.4 Å². The standard InChI is InChI=1S/C20H24N8O2/c1-28-10-6-13(7-11-28)12-23-18-16(21-8-9-22-18)19(29)24-15-4-2-14(3-5-15)17-25-20(30)27-26-17/h2-5,8-9,13H,6-7,10-12H2,1H3,(H,22,23)(H,24,29)(H2,25,26,27,30). The van der Waals surface area contributed by atoms with E-state index in [9.17, 15) is 9.59 Å². The molecule has 4 N–H and O–H groups in total. The van der Waals surface area contributed by atoms with Gasteiger partial charge in [0.25, 0.3) is 5.91 Å². The van der Waals surface area contributed by atoms with Crippen molar-refractivity contribution in [2.24, 2.45) is 5.92 Å². The highest BCUT2D eigenvalue weighted by molar-refractivity contribution is 6.06. The van der Waals surface area contributed by atoms with Crippen molar-refractivity contribution < 1.29 is 4.79 Å². The molecule has 156 valence electrons. The summed E-state index contributed by atoms with van der Waals surface area (Å²) in [5, 5.41) is 12.4. The summed E-state index contributed by atoms with van der Waals surface area (Å²) in [6.45, 7) is 2.94. The number of aromatic nitrogens is 5. The number of hydrogen-bond acceptors (Lipinski definition) is 7. The van der Waals surface area contributed by atoms with Crippen LogP contribution in [0.2, 0.25) is 0 Å². The number of H-pyrrole nitrogens is 2. The second kappa shape index (κ2) is 8.87. The Morgan fingerprint density at radius 3 is 2.60 bits per heavy atom. The number of nitrogens with one attached hydrogen (secondary N) is 4. The van der Waals surface area contributed by atoms with Crippen LogP contribution in [0.3, 0.4) is 0 Å². The van der Waals surface area contributed by atoms with Gasteiger partial charge in [-0.3, -0.25) is 9.78 Å². The maximum Gasteiger partial charge on any atom is 0.340 e. The fourth-order valence-electron chi connectivity index (χ4n) is 3.45. The Kier molecular flexibility index (Phi) is 5.84. The minimum absolute atomic E-state index is 0.256. The number of amides is 1. The molecule has 3 heterocycles. The Bertz CT molecular complexity index is 1050. The van der Waals surface area contributed by atoms with Crippen LogP contribution in [0, 0.1) is 5.92 Å². The van der Waals surface area contributed by atoms with E-state index in [0.29, 0.717) is 23.2 Å². The van der Waals surface area contributed by atoms with Crippen molar-refractivity contribution >= 4 is 17.4 Å². The molecule has 0 aliphatic carbocycles. The first-order valence-electron chi connectivity index (χ1n) is 9.88. The van der Waals surface area contributed by atoms with Crippen LogP contribution in [0.15, 0.2) is 41.5 Å². The van der Waals surface area contributed by atoms with E-state index in [1.54, 1.807) is 30.5 Å². The summed E-state index contributed by atoms with van der Waals surface area (Å²) in [5.41, 5.74) is 1.22. The summed E-state index contributed by atoms with van der Waals surface area (Å²) in [6, 6.07) is 7.00. The topological polar surface area (TPSA) is 132 Å². The van der Waals surface area contributed by atoms with Crippen molar-refractivity contribution in [3.05, 3.63) is 52.8 Å². The summed E-state index contributed by atoms with van der Waals surface area (Å²) in [7, 11) is 2.13. The monoisotopic (exact) mass is 408 g/mol. The largest absolute Gasteiger partial charge is 0.368 e. The van der Waals surface area contributed by atoms with E-state index >= 15 is 0 Å². The molecule has 10 nitrogen and oxygen atoms in total. The van der Waals surface area contributed by atoms with Gasteiger partial charge in [0.1, 0.15) is 0 Å². The van der Waals surface area contributed by atoms with Crippen molar-refractivity contribution in [2.75, 3.05) is 37.3 Å². The Balaban J connectivity index is 1.40. The Hall–Kier alpha value is -3.53. The fourth-order valence-corrected chi connectivity index (χ4v) is 3.45. The second-order valence-electron chi connectivity index (χ2n) is 7.44. The molecule has 4 rings (SSSR count). The average Bonchev–Trinajstić information content (AvgIpc) is 3.20. The quantitative estimate of drug-likeness (QED) is 0.487.